The predicted octanol–water partition coefficient (Wildman–Crippen LogP) is 2.88. The number of benzene rings is 1. The molecule has 2 aromatic rings. The molecule has 1 aromatic carbocycles. The fraction of sp³-hybridized carbons (Fsp3) is 0.154. The molecule has 82 valence electrons. The van der Waals surface area contributed by atoms with Crippen LogP contribution in [0.4, 0.5) is 0 Å². The Balaban J connectivity index is 2.17. The first-order chi connectivity index (χ1) is 7.65. The molecule has 2 rings (SSSR count). The predicted molar refractivity (Wildman–Crippen MR) is 59.7 cm³/mol. The van der Waals surface area contributed by atoms with Crippen molar-refractivity contribution in [2.75, 3.05) is 0 Å². The summed E-state index contributed by atoms with van der Waals surface area (Å²) in [7, 11) is 0. The third kappa shape index (κ3) is 2.31. The fourth-order valence-corrected chi connectivity index (χ4v) is 1.64. The van der Waals surface area contributed by atoms with Crippen LogP contribution in [-0.2, 0) is 6.42 Å². The van der Waals surface area contributed by atoms with E-state index in [1.54, 1.807) is 6.07 Å². The summed E-state index contributed by atoms with van der Waals surface area (Å²) in [5.41, 5.74) is 3.22. The molecule has 0 aliphatic carbocycles. The fourth-order valence-electron chi connectivity index (χ4n) is 1.64. The molecule has 0 radical (unpaired) electrons. The number of carbonyl (C=O) groups is 1. The van der Waals surface area contributed by atoms with E-state index in [1.165, 1.54) is 11.8 Å². The minimum atomic E-state index is -1.03. The Morgan fingerprint density at radius 3 is 2.75 bits per heavy atom. The van der Waals surface area contributed by atoms with Crippen LogP contribution in [0.1, 0.15) is 27.2 Å². The van der Waals surface area contributed by atoms with Crippen molar-refractivity contribution >= 4 is 5.97 Å². The number of carboxylic acids is 1. The first kappa shape index (κ1) is 10.5. The van der Waals surface area contributed by atoms with Crippen molar-refractivity contribution in [3.05, 3.63) is 59.0 Å². The number of carboxylic acid groups (broad SMARTS) is 1. The average Bonchev–Trinajstić information content (AvgIpc) is 2.66. The SMILES string of the molecule is Cc1cccc(Cc2coc(C(=O)O)c2)c1. The van der Waals surface area contributed by atoms with Gasteiger partial charge in [0.15, 0.2) is 0 Å². The molecule has 16 heavy (non-hydrogen) atoms. The topological polar surface area (TPSA) is 50.4 Å². The number of rotatable bonds is 3. The molecule has 0 saturated heterocycles. The van der Waals surface area contributed by atoms with E-state index in [1.807, 2.05) is 25.1 Å². The van der Waals surface area contributed by atoms with E-state index >= 15 is 0 Å². The molecule has 0 atom stereocenters. The van der Waals surface area contributed by atoms with Crippen LogP contribution in [0, 0.1) is 6.92 Å². The molecule has 0 bridgehead atoms. The van der Waals surface area contributed by atoms with Gasteiger partial charge in [0.1, 0.15) is 0 Å². The minimum absolute atomic E-state index is 0.0114. The molecule has 0 aliphatic heterocycles. The van der Waals surface area contributed by atoms with Gasteiger partial charge in [-0.1, -0.05) is 29.8 Å². The lowest BCUT2D eigenvalue weighted by atomic mass is 10.1. The first-order valence-corrected chi connectivity index (χ1v) is 5.01. The van der Waals surface area contributed by atoms with Crippen LogP contribution >= 0.6 is 0 Å². The van der Waals surface area contributed by atoms with Crippen LogP contribution in [0.3, 0.4) is 0 Å². The van der Waals surface area contributed by atoms with Gasteiger partial charge in [-0.3, -0.25) is 0 Å². The van der Waals surface area contributed by atoms with Crippen molar-refractivity contribution in [2.45, 2.75) is 13.3 Å². The van der Waals surface area contributed by atoms with Crippen molar-refractivity contribution in [3.8, 4) is 0 Å². The van der Waals surface area contributed by atoms with Crippen LogP contribution < -0.4 is 0 Å². The molecule has 3 heteroatoms. The van der Waals surface area contributed by atoms with Crippen molar-refractivity contribution in [2.24, 2.45) is 0 Å². The normalized spacial score (nSPS) is 10.3. The summed E-state index contributed by atoms with van der Waals surface area (Å²) in [5.74, 6) is -1.04. The molecule has 0 saturated carbocycles. The highest BCUT2D eigenvalue weighted by atomic mass is 16.4. The second kappa shape index (κ2) is 4.23. The van der Waals surface area contributed by atoms with Gasteiger partial charge < -0.3 is 9.52 Å². The zero-order valence-electron chi connectivity index (χ0n) is 8.93. The lowest BCUT2D eigenvalue weighted by Gasteiger charge is -1.99. The number of hydrogen-bond acceptors (Lipinski definition) is 2. The molecule has 1 heterocycles. The summed E-state index contributed by atoms with van der Waals surface area (Å²) in [6.45, 7) is 2.03. The van der Waals surface area contributed by atoms with Crippen molar-refractivity contribution < 1.29 is 14.3 Å². The van der Waals surface area contributed by atoms with Crippen LogP contribution in [0.25, 0.3) is 0 Å². The Morgan fingerprint density at radius 1 is 1.31 bits per heavy atom. The molecule has 3 nitrogen and oxygen atoms in total. The van der Waals surface area contributed by atoms with E-state index < -0.39 is 5.97 Å². The second-order valence-electron chi connectivity index (χ2n) is 3.79. The van der Waals surface area contributed by atoms with Crippen LogP contribution in [-0.4, -0.2) is 11.1 Å². The molecule has 0 aliphatic rings. The molecule has 1 N–H and O–H groups in total. The molecule has 1 aromatic heterocycles. The van der Waals surface area contributed by atoms with Crippen LogP contribution in [0.5, 0.6) is 0 Å². The van der Waals surface area contributed by atoms with Gasteiger partial charge in [0, 0.05) is 6.42 Å². The molecular formula is C13H12O3. The summed E-state index contributed by atoms with van der Waals surface area (Å²) < 4.78 is 4.93. The van der Waals surface area contributed by atoms with E-state index in [9.17, 15) is 4.79 Å². The van der Waals surface area contributed by atoms with Gasteiger partial charge >= 0.3 is 5.97 Å². The summed E-state index contributed by atoms with van der Waals surface area (Å²) in [6, 6.07) is 9.67. The second-order valence-corrected chi connectivity index (χ2v) is 3.79. The standard InChI is InChI=1S/C13H12O3/c1-9-3-2-4-10(5-9)6-11-7-12(13(14)15)16-8-11/h2-5,7-8H,6H2,1H3,(H,14,15). The number of aromatic carboxylic acids is 1. The molecular weight excluding hydrogens is 204 g/mol. The Kier molecular flexibility index (Phi) is 2.77. The maximum Gasteiger partial charge on any atom is 0.371 e. The third-order valence-corrected chi connectivity index (χ3v) is 2.36. The molecule has 0 spiro atoms. The zero-order chi connectivity index (χ0) is 11.5. The lowest BCUT2D eigenvalue weighted by Crippen LogP contribution is -1.92. The number of aryl methyl sites for hydroxylation is 1. The van der Waals surface area contributed by atoms with Gasteiger partial charge in [-0.15, -0.1) is 0 Å². The third-order valence-electron chi connectivity index (χ3n) is 2.36. The molecule has 0 unspecified atom stereocenters. The largest absolute Gasteiger partial charge is 0.475 e. The van der Waals surface area contributed by atoms with E-state index in [-0.39, 0.29) is 5.76 Å². The van der Waals surface area contributed by atoms with Crippen molar-refractivity contribution in [3.63, 3.8) is 0 Å². The minimum Gasteiger partial charge on any atom is -0.475 e. The summed E-state index contributed by atoms with van der Waals surface area (Å²) in [4.78, 5) is 10.6. The Hall–Kier alpha value is -2.03. The quantitative estimate of drug-likeness (QED) is 0.858. The van der Waals surface area contributed by atoms with Gasteiger partial charge in [-0.05, 0) is 24.1 Å². The Labute approximate surface area is 93.3 Å². The maximum absolute atomic E-state index is 10.6. The average molecular weight is 216 g/mol. The van der Waals surface area contributed by atoms with Crippen LogP contribution in [0.15, 0.2) is 41.0 Å². The van der Waals surface area contributed by atoms with Gasteiger partial charge in [-0.2, -0.15) is 0 Å². The highest BCUT2D eigenvalue weighted by molar-refractivity contribution is 5.84. The van der Waals surface area contributed by atoms with Gasteiger partial charge in [0.05, 0.1) is 6.26 Å². The molecule has 0 fully saturated rings. The van der Waals surface area contributed by atoms with Gasteiger partial charge in [-0.25, -0.2) is 4.79 Å². The highest BCUT2D eigenvalue weighted by Crippen LogP contribution is 2.14. The maximum atomic E-state index is 10.6. The summed E-state index contributed by atoms with van der Waals surface area (Å²) >= 11 is 0. The number of hydrogen-bond donors (Lipinski definition) is 1. The van der Waals surface area contributed by atoms with Gasteiger partial charge in [0.25, 0.3) is 0 Å². The zero-order valence-corrected chi connectivity index (χ0v) is 8.93. The smallest absolute Gasteiger partial charge is 0.371 e. The lowest BCUT2D eigenvalue weighted by molar-refractivity contribution is 0.0662. The van der Waals surface area contributed by atoms with E-state index in [2.05, 4.69) is 6.07 Å². The Morgan fingerprint density at radius 2 is 2.12 bits per heavy atom. The monoisotopic (exact) mass is 216 g/mol. The van der Waals surface area contributed by atoms with Gasteiger partial charge in [0.2, 0.25) is 5.76 Å². The first-order valence-electron chi connectivity index (χ1n) is 5.01. The summed E-state index contributed by atoms with van der Waals surface area (Å²) in [5, 5.41) is 8.71. The Bertz CT molecular complexity index is 511. The highest BCUT2D eigenvalue weighted by Gasteiger charge is 2.08. The molecule has 0 amide bonds. The van der Waals surface area contributed by atoms with E-state index in [0.29, 0.717) is 6.42 Å². The van der Waals surface area contributed by atoms with Crippen molar-refractivity contribution in [1.82, 2.24) is 0 Å². The van der Waals surface area contributed by atoms with Crippen LogP contribution in [0.2, 0.25) is 0 Å². The van der Waals surface area contributed by atoms with Crippen molar-refractivity contribution in [1.29, 1.82) is 0 Å². The van der Waals surface area contributed by atoms with E-state index in [0.717, 1.165) is 11.1 Å². The number of furan rings is 1. The summed E-state index contributed by atoms with van der Waals surface area (Å²) in [6.07, 6.45) is 2.18. The van der Waals surface area contributed by atoms with E-state index in [4.69, 9.17) is 9.52 Å².